The normalized spacial score (nSPS) is 11.6. The monoisotopic (exact) mass is 331 g/mol. The first-order valence-electron chi connectivity index (χ1n) is 5.36. The van der Waals surface area contributed by atoms with Crippen LogP contribution in [0, 0.1) is 0 Å². The first-order chi connectivity index (χ1) is 9.03. The Morgan fingerprint density at radius 2 is 2.11 bits per heavy atom. The summed E-state index contributed by atoms with van der Waals surface area (Å²) >= 11 is 3.26. The molecule has 0 aromatic heterocycles. The Hall–Kier alpha value is -1.60. The first-order valence-corrected chi connectivity index (χ1v) is 6.15. The van der Waals surface area contributed by atoms with Crippen LogP contribution < -0.4 is 10.1 Å². The summed E-state index contributed by atoms with van der Waals surface area (Å²) in [4.78, 5) is 23.1. The van der Waals surface area contributed by atoms with Gasteiger partial charge in [-0.25, -0.2) is 4.79 Å². The largest absolute Gasteiger partial charge is 0.496 e. The molecule has 0 bridgehead atoms. The molecule has 0 radical (unpaired) electrons. The number of hydrogen-bond donors (Lipinski definition) is 2. The maximum absolute atomic E-state index is 11.9. The Morgan fingerprint density at radius 3 is 2.58 bits per heavy atom. The molecule has 19 heavy (non-hydrogen) atoms. The Balaban J connectivity index is 2.83. The van der Waals surface area contributed by atoms with Crippen molar-refractivity contribution in [3.63, 3.8) is 0 Å². The molecule has 1 amide bonds. The molecule has 0 aliphatic rings. The number of nitrogens with one attached hydrogen (secondary N) is 1. The van der Waals surface area contributed by atoms with Gasteiger partial charge in [-0.3, -0.25) is 4.79 Å². The van der Waals surface area contributed by atoms with Crippen molar-refractivity contribution in [3.05, 3.63) is 28.2 Å². The summed E-state index contributed by atoms with van der Waals surface area (Å²) in [6.45, 7) is -0.532. The van der Waals surface area contributed by atoms with Gasteiger partial charge >= 0.3 is 5.97 Å². The van der Waals surface area contributed by atoms with Gasteiger partial charge in [0.05, 0.1) is 25.3 Å². The lowest BCUT2D eigenvalue weighted by Gasteiger charge is -2.14. The molecule has 1 rings (SSSR count). The highest BCUT2D eigenvalue weighted by atomic mass is 79.9. The van der Waals surface area contributed by atoms with Gasteiger partial charge in [-0.15, -0.1) is 0 Å². The summed E-state index contributed by atoms with van der Waals surface area (Å²) in [6.07, 6.45) is 0. The van der Waals surface area contributed by atoms with Crippen LogP contribution in [0.5, 0.6) is 5.75 Å². The summed E-state index contributed by atoms with van der Waals surface area (Å²) in [6, 6.07) is 3.63. The van der Waals surface area contributed by atoms with E-state index in [4.69, 9.17) is 9.84 Å². The van der Waals surface area contributed by atoms with Crippen LogP contribution in [0.2, 0.25) is 0 Å². The lowest BCUT2D eigenvalue weighted by molar-refractivity contribution is -0.143. The molecule has 1 unspecified atom stereocenters. The van der Waals surface area contributed by atoms with Gasteiger partial charge in [0, 0.05) is 5.56 Å². The van der Waals surface area contributed by atoms with Crippen LogP contribution in [0.3, 0.4) is 0 Å². The molecule has 0 saturated heterocycles. The summed E-state index contributed by atoms with van der Waals surface area (Å²) in [5.74, 6) is -0.612. The first kappa shape index (κ1) is 15.5. The van der Waals surface area contributed by atoms with E-state index in [2.05, 4.69) is 26.0 Å². The van der Waals surface area contributed by atoms with Crippen molar-refractivity contribution in [2.45, 2.75) is 6.04 Å². The van der Waals surface area contributed by atoms with E-state index in [1.165, 1.54) is 14.2 Å². The van der Waals surface area contributed by atoms with Crippen molar-refractivity contribution in [1.82, 2.24) is 5.32 Å². The third kappa shape index (κ3) is 3.93. The number of carbonyl (C=O) groups excluding carboxylic acids is 2. The maximum atomic E-state index is 11.9. The lowest BCUT2D eigenvalue weighted by atomic mass is 10.2. The number of aliphatic hydroxyl groups excluding tert-OH is 1. The van der Waals surface area contributed by atoms with Gasteiger partial charge in [0.2, 0.25) is 0 Å². The topological polar surface area (TPSA) is 84.9 Å². The van der Waals surface area contributed by atoms with Crippen molar-refractivity contribution in [3.8, 4) is 5.75 Å². The number of methoxy groups -OCH3 is 2. The average Bonchev–Trinajstić information content (AvgIpc) is 2.43. The van der Waals surface area contributed by atoms with Gasteiger partial charge in [0.15, 0.2) is 6.04 Å². The SMILES string of the molecule is COC(=O)C(CO)NC(=O)c1ccc(OC)c(Br)c1. The van der Waals surface area contributed by atoms with Gasteiger partial charge in [0.1, 0.15) is 5.75 Å². The molecule has 0 aliphatic heterocycles. The maximum Gasteiger partial charge on any atom is 0.330 e. The Kier molecular flexibility index (Phi) is 5.78. The molecule has 2 N–H and O–H groups in total. The lowest BCUT2D eigenvalue weighted by Crippen LogP contribution is -2.44. The van der Waals surface area contributed by atoms with E-state index in [0.717, 1.165) is 0 Å². The zero-order valence-electron chi connectivity index (χ0n) is 10.5. The second-order valence-electron chi connectivity index (χ2n) is 3.58. The standard InChI is InChI=1S/C12H14BrNO5/c1-18-10-4-3-7(5-8(10)13)11(16)14-9(6-15)12(17)19-2/h3-5,9,15H,6H2,1-2H3,(H,14,16). The van der Waals surface area contributed by atoms with Gasteiger partial charge in [-0.2, -0.15) is 0 Å². The highest BCUT2D eigenvalue weighted by Gasteiger charge is 2.21. The van der Waals surface area contributed by atoms with E-state index in [0.29, 0.717) is 15.8 Å². The number of carbonyl (C=O) groups is 2. The fraction of sp³-hybridized carbons (Fsp3) is 0.333. The fourth-order valence-corrected chi connectivity index (χ4v) is 1.91. The van der Waals surface area contributed by atoms with Gasteiger partial charge < -0.3 is 19.9 Å². The molecule has 0 spiro atoms. The molecule has 0 saturated carbocycles. The van der Waals surface area contributed by atoms with E-state index in [1.54, 1.807) is 18.2 Å². The van der Waals surface area contributed by atoms with E-state index < -0.39 is 24.5 Å². The molecular weight excluding hydrogens is 318 g/mol. The quantitative estimate of drug-likeness (QED) is 0.776. The zero-order valence-corrected chi connectivity index (χ0v) is 12.1. The Labute approximate surface area is 118 Å². The predicted octanol–water partition coefficient (Wildman–Crippen LogP) is 0.721. The van der Waals surface area contributed by atoms with E-state index >= 15 is 0 Å². The van der Waals surface area contributed by atoms with Crippen molar-refractivity contribution < 1.29 is 24.2 Å². The van der Waals surface area contributed by atoms with Crippen LogP contribution in [0.4, 0.5) is 0 Å². The molecular formula is C12H14BrNO5. The molecule has 104 valence electrons. The van der Waals surface area contributed by atoms with Crippen LogP contribution in [-0.2, 0) is 9.53 Å². The molecule has 0 aliphatic carbocycles. The molecule has 0 heterocycles. The minimum atomic E-state index is -1.08. The number of ether oxygens (including phenoxy) is 2. The molecule has 1 aromatic carbocycles. The fourth-order valence-electron chi connectivity index (χ4n) is 1.37. The van der Waals surface area contributed by atoms with Crippen LogP contribution in [0.15, 0.2) is 22.7 Å². The Morgan fingerprint density at radius 1 is 1.42 bits per heavy atom. The third-order valence-electron chi connectivity index (χ3n) is 2.39. The minimum absolute atomic E-state index is 0.329. The molecule has 1 aromatic rings. The average molecular weight is 332 g/mol. The number of amides is 1. The van der Waals surface area contributed by atoms with Crippen molar-refractivity contribution >= 4 is 27.8 Å². The third-order valence-corrected chi connectivity index (χ3v) is 3.01. The van der Waals surface area contributed by atoms with E-state index in [1.807, 2.05) is 0 Å². The number of aliphatic hydroxyl groups is 1. The number of halogens is 1. The number of hydrogen-bond acceptors (Lipinski definition) is 5. The molecule has 7 heteroatoms. The summed E-state index contributed by atoms with van der Waals surface area (Å²) in [5.41, 5.74) is 0.329. The summed E-state index contributed by atoms with van der Waals surface area (Å²) < 4.78 is 10.1. The van der Waals surface area contributed by atoms with Crippen LogP contribution in [-0.4, -0.2) is 43.9 Å². The number of rotatable bonds is 5. The Bertz CT molecular complexity index is 477. The smallest absolute Gasteiger partial charge is 0.330 e. The van der Waals surface area contributed by atoms with Crippen LogP contribution in [0.25, 0.3) is 0 Å². The molecule has 1 atom stereocenters. The van der Waals surface area contributed by atoms with Crippen molar-refractivity contribution in [2.24, 2.45) is 0 Å². The van der Waals surface area contributed by atoms with Crippen molar-refractivity contribution in [2.75, 3.05) is 20.8 Å². The zero-order chi connectivity index (χ0) is 14.4. The number of benzene rings is 1. The highest BCUT2D eigenvalue weighted by molar-refractivity contribution is 9.10. The van der Waals surface area contributed by atoms with E-state index in [9.17, 15) is 9.59 Å². The number of esters is 1. The van der Waals surface area contributed by atoms with Gasteiger partial charge in [-0.05, 0) is 34.1 Å². The minimum Gasteiger partial charge on any atom is -0.496 e. The van der Waals surface area contributed by atoms with Gasteiger partial charge in [-0.1, -0.05) is 0 Å². The summed E-state index contributed by atoms with van der Waals surface area (Å²) in [5, 5.41) is 11.4. The second-order valence-corrected chi connectivity index (χ2v) is 4.44. The molecule has 0 fully saturated rings. The van der Waals surface area contributed by atoms with Crippen molar-refractivity contribution in [1.29, 1.82) is 0 Å². The van der Waals surface area contributed by atoms with Crippen LogP contribution >= 0.6 is 15.9 Å². The second kappa shape index (κ2) is 7.10. The van der Waals surface area contributed by atoms with Gasteiger partial charge in [0.25, 0.3) is 5.91 Å². The highest BCUT2D eigenvalue weighted by Crippen LogP contribution is 2.25. The van der Waals surface area contributed by atoms with E-state index in [-0.39, 0.29) is 0 Å². The summed E-state index contributed by atoms with van der Waals surface area (Å²) in [7, 11) is 2.69. The predicted molar refractivity (Wildman–Crippen MR) is 71.1 cm³/mol. The van der Waals surface area contributed by atoms with Crippen LogP contribution in [0.1, 0.15) is 10.4 Å². The molecule has 6 nitrogen and oxygen atoms in total.